The van der Waals surface area contributed by atoms with Crippen LogP contribution in [-0.2, 0) is 14.3 Å². The van der Waals surface area contributed by atoms with Crippen LogP contribution in [-0.4, -0.2) is 19.2 Å². The van der Waals surface area contributed by atoms with Gasteiger partial charge in [0.15, 0.2) is 0 Å². The molecule has 0 radical (unpaired) electrons. The summed E-state index contributed by atoms with van der Waals surface area (Å²) in [6, 6.07) is 0. The van der Waals surface area contributed by atoms with Gasteiger partial charge < -0.3 is 9.47 Å². The summed E-state index contributed by atoms with van der Waals surface area (Å²) in [6.07, 6.45) is 3.01. The van der Waals surface area contributed by atoms with E-state index in [1.807, 2.05) is 13.8 Å². The smallest absolute Gasteiger partial charge is 0.293 e. The Morgan fingerprint density at radius 3 is 3.17 bits per heavy atom. The van der Waals surface area contributed by atoms with Gasteiger partial charge in [-0.25, -0.2) is 0 Å². The molecule has 0 saturated heterocycles. The third-order valence-corrected chi connectivity index (χ3v) is 2.02. The highest BCUT2D eigenvalue weighted by molar-refractivity contribution is 5.37. The van der Waals surface area contributed by atoms with Gasteiger partial charge in [0.05, 0.1) is 19.0 Å². The van der Waals surface area contributed by atoms with Crippen molar-refractivity contribution < 1.29 is 14.3 Å². The molecule has 1 aliphatic rings. The minimum absolute atomic E-state index is 0.277. The van der Waals surface area contributed by atoms with E-state index in [9.17, 15) is 4.79 Å². The third kappa shape index (κ3) is 2.26. The summed E-state index contributed by atoms with van der Waals surface area (Å²) in [4.78, 5) is 9.92. The number of hydrogen-bond acceptors (Lipinski definition) is 3. The molecule has 0 amide bonds. The van der Waals surface area contributed by atoms with Crippen LogP contribution in [0.25, 0.3) is 0 Å². The predicted octanol–water partition coefficient (Wildman–Crippen LogP) is 1.49. The lowest BCUT2D eigenvalue weighted by Crippen LogP contribution is -2.08. The fourth-order valence-corrected chi connectivity index (χ4v) is 1.24. The Kier molecular flexibility index (Phi) is 3.14. The van der Waals surface area contributed by atoms with Crippen molar-refractivity contribution in [2.75, 3.05) is 6.61 Å². The van der Waals surface area contributed by atoms with Gasteiger partial charge in [-0.05, 0) is 12.5 Å². The zero-order chi connectivity index (χ0) is 8.97. The molecule has 68 valence electrons. The molecule has 1 heterocycles. The van der Waals surface area contributed by atoms with Crippen LogP contribution in [0.3, 0.4) is 0 Å². The number of carbonyl (C=O) groups excluding carboxylic acids is 1. The van der Waals surface area contributed by atoms with Crippen LogP contribution < -0.4 is 0 Å². The van der Waals surface area contributed by atoms with Gasteiger partial charge in [-0.15, -0.1) is 0 Å². The lowest BCUT2D eigenvalue weighted by atomic mass is 10.00. The van der Waals surface area contributed by atoms with Gasteiger partial charge in [-0.3, -0.25) is 4.79 Å². The molecule has 0 aromatic rings. The van der Waals surface area contributed by atoms with E-state index in [-0.39, 0.29) is 12.0 Å². The molecule has 0 bridgehead atoms. The van der Waals surface area contributed by atoms with Crippen LogP contribution in [0.5, 0.6) is 0 Å². The molecule has 0 aliphatic carbocycles. The highest BCUT2D eigenvalue weighted by Crippen LogP contribution is 2.24. The lowest BCUT2D eigenvalue weighted by Gasteiger charge is -2.09. The second kappa shape index (κ2) is 4.14. The van der Waals surface area contributed by atoms with Crippen LogP contribution in [0, 0.1) is 5.92 Å². The molecule has 0 aromatic carbocycles. The van der Waals surface area contributed by atoms with Crippen LogP contribution >= 0.6 is 0 Å². The molecule has 0 fully saturated rings. The van der Waals surface area contributed by atoms with Gasteiger partial charge >= 0.3 is 0 Å². The Morgan fingerprint density at radius 2 is 2.67 bits per heavy atom. The Hall–Kier alpha value is -0.990. The van der Waals surface area contributed by atoms with E-state index in [2.05, 4.69) is 4.74 Å². The minimum atomic E-state index is 0.277. The average Bonchev–Trinajstić information content (AvgIpc) is 2.47. The largest absolute Gasteiger partial charge is 0.498 e. The summed E-state index contributed by atoms with van der Waals surface area (Å²) < 4.78 is 9.93. The predicted molar refractivity (Wildman–Crippen MR) is 44.4 cm³/mol. The van der Waals surface area contributed by atoms with Crippen molar-refractivity contribution in [3.05, 3.63) is 11.8 Å². The van der Waals surface area contributed by atoms with E-state index in [1.54, 1.807) is 6.26 Å². The summed E-state index contributed by atoms with van der Waals surface area (Å²) in [5, 5.41) is 0. The van der Waals surface area contributed by atoms with Gasteiger partial charge in [0.1, 0.15) is 0 Å². The Bertz CT molecular complexity index is 186. The Morgan fingerprint density at radius 1 is 1.92 bits per heavy atom. The van der Waals surface area contributed by atoms with Crippen LogP contribution in [0.2, 0.25) is 0 Å². The fourth-order valence-electron chi connectivity index (χ4n) is 1.24. The van der Waals surface area contributed by atoms with E-state index >= 15 is 0 Å². The highest BCUT2D eigenvalue weighted by Gasteiger charge is 2.18. The van der Waals surface area contributed by atoms with E-state index in [0.29, 0.717) is 13.1 Å². The van der Waals surface area contributed by atoms with Gasteiger partial charge in [0.2, 0.25) is 0 Å². The summed E-state index contributed by atoms with van der Waals surface area (Å²) in [6.45, 7) is 4.98. The molecule has 2 atom stereocenters. The molecule has 3 heteroatoms. The molecule has 12 heavy (non-hydrogen) atoms. The van der Waals surface area contributed by atoms with Gasteiger partial charge in [0, 0.05) is 12.3 Å². The van der Waals surface area contributed by atoms with Crippen LogP contribution in [0.15, 0.2) is 11.8 Å². The normalized spacial score (nSPS) is 24.2. The first-order valence-electron chi connectivity index (χ1n) is 4.13. The van der Waals surface area contributed by atoms with Crippen molar-refractivity contribution in [1.82, 2.24) is 0 Å². The molecule has 0 N–H and O–H groups in total. The fraction of sp³-hybridized carbons (Fsp3) is 0.667. The van der Waals surface area contributed by atoms with Crippen LogP contribution in [0.1, 0.15) is 20.3 Å². The lowest BCUT2D eigenvalue weighted by molar-refractivity contribution is -0.129. The minimum Gasteiger partial charge on any atom is -0.498 e. The number of hydrogen-bond donors (Lipinski definition) is 0. The third-order valence-electron chi connectivity index (χ3n) is 2.02. The van der Waals surface area contributed by atoms with E-state index in [0.717, 1.165) is 6.42 Å². The van der Waals surface area contributed by atoms with E-state index in [4.69, 9.17) is 4.74 Å². The average molecular weight is 170 g/mol. The zero-order valence-corrected chi connectivity index (χ0v) is 7.45. The first-order valence-corrected chi connectivity index (χ1v) is 4.13. The maximum absolute atomic E-state index is 9.92. The summed E-state index contributed by atoms with van der Waals surface area (Å²) in [7, 11) is 0. The molecular weight excluding hydrogens is 156 g/mol. The van der Waals surface area contributed by atoms with E-state index in [1.165, 1.54) is 5.57 Å². The van der Waals surface area contributed by atoms with Crippen molar-refractivity contribution in [3.63, 3.8) is 0 Å². The van der Waals surface area contributed by atoms with Gasteiger partial charge in [-0.2, -0.15) is 0 Å². The molecule has 1 rings (SSSR count). The Labute approximate surface area is 72.4 Å². The van der Waals surface area contributed by atoms with Crippen LogP contribution in [0.4, 0.5) is 0 Å². The second-order valence-corrected chi connectivity index (χ2v) is 3.17. The van der Waals surface area contributed by atoms with Gasteiger partial charge in [-0.1, -0.05) is 6.92 Å². The van der Waals surface area contributed by atoms with Crippen molar-refractivity contribution in [3.8, 4) is 0 Å². The summed E-state index contributed by atoms with van der Waals surface area (Å²) in [5.41, 5.74) is 1.23. The quantitative estimate of drug-likeness (QED) is 0.599. The number of rotatable bonds is 4. The molecule has 1 aliphatic heterocycles. The maximum atomic E-state index is 9.92. The topological polar surface area (TPSA) is 35.5 Å². The molecule has 0 saturated carbocycles. The second-order valence-electron chi connectivity index (χ2n) is 3.17. The SMILES string of the molecule is CC1CC(C(C)COC=O)=CO1. The molecule has 0 spiro atoms. The zero-order valence-electron chi connectivity index (χ0n) is 7.45. The number of carbonyl (C=O) groups is 1. The van der Waals surface area contributed by atoms with Gasteiger partial charge in [0.25, 0.3) is 6.47 Å². The molecule has 0 aromatic heterocycles. The van der Waals surface area contributed by atoms with Crippen molar-refractivity contribution in [2.24, 2.45) is 5.92 Å². The standard InChI is InChI=1S/C9H14O3/c1-7(4-11-6-10)9-3-8(2)12-5-9/h5-8H,3-4H2,1-2H3. The van der Waals surface area contributed by atoms with Crippen molar-refractivity contribution in [2.45, 2.75) is 26.4 Å². The summed E-state index contributed by atoms with van der Waals surface area (Å²) >= 11 is 0. The monoisotopic (exact) mass is 170 g/mol. The first-order chi connectivity index (χ1) is 5.74. The maximum Gasteiger partial charge on any atom is 0.293 e. The highest BCUT2D eigenvalue weighted by atomic mass is 16.5. The summed E-state index contributed by atoms with van der Waals surface area (Å²) in [5.74, 6) is 0.278. The molecular formula is C9H14O3. The first kappa shape index (κ1) is 9.10. The van der Waals surface area contributed by atoms with E-state index < -0.39 is 0 Å². The molecule has 2 unspecified atom stereocenters. The Balaban J connectivity index is 2.32. The van der Waals surface area contributed by atoms with Crippen molar-refractivity contribution in [1.29, 1.82) is 0 Å². The molecule has 3 nitrogen and oxygen atoms in total. The number of ether oxygens (including phenoxy) is 2. The van der Waals surface area contributed by atoms with Crippen molar-refractivity contribution >= 4 is 6.47 Å².